The molecule has 4 rings (SSSR count). The van der Waals surface area contributed by atoms with Gasteiger partial charge in [0.25, 0.3) is 5.91 Å². The minimum absolute atomic E-state index is 0.120. The van der Waals surface area contributed by atoms with Crippen molar-refractivity contribution in [2.75, 3.05) is 26.2 Å². The molecule has 1 atom stereocenters. The van der Waals surface area contributed by atoms with Gasteiger partial charge in [-0.1, -0.05) is 12.1 Å². The van der Waals surface area contributed by atoms with Crippen molar-refractivity contribution in [2.24, 2.45) is 0 Å². The van der Waals surface area contributed by atoms with Crippen LogP contribution >= 0.6 is 11.3 Å². The summed E-state index contributed by atoms with van der Waals surface area (Å²) < 4.78 is 11.7. The fraction of sp³-hybridized carbons (Fsp3) is 0.286. The van der Waals surface area contributed by atoms with Crippen molar-refractivity contribution >= 4 is 39.1 Å². The molecule has 29 heavy (non-hydrogen) atoms. The number of thiazole rings is 1. The highest BCUT2D eigenvalue weighted by Crippen LogP contribution is 2.36. The van der Waals surface area contributed by atoms with Crippen LogP contribution in [-0.4, -0.2) is 49.0 Å². The number of aromatic nitrogens is 1. The van der Waals surface area contributed by atoms with Gasteiger partial charge in [-0.05, 0) is 31.3 Å². The van der Waals surface area contributed by atoms with Gasteiger partial charge in [0.1, 0.15) is 16.5 Å². The smallest absolute Gasteiger partial charge is 0.251 e. The highest BCUT2D eigenvalue weighted by molar-refractivity contribution is 7.18. The molecule has 150 valence electrons. The van der Waals surface area contributed by atoms with Crippen LogP contribution in [0.4, 0.5) is 5.69 Å². The van der Waals surface area contributed by atoms with E-state index in [-0.39, 0.29) is 18.2 Å². The predicted molar refractivity (Wildman–Crippen MR) is 112 cm³/mol. The van der Waals surface area contributed by atoms with Crippen molar-refractivity contribution in [2.45, 2.75) is 19.0 Å². The number of nitrogens with zero attached hydrogens (tertiary/aromatic N) is 3. The zero-order chi connectivity index (χ0) is 20.5. The van der Waals surface area contributed by atoms with Crippen LogP contribution in [0.2, 0.25) is 0 Å². The van der Waals surface area contributed by atoms with Gasteiger partial charge in [-0.3, -0.25) is 14.5 Å². The van der Waals surface area contributed by atoms with Crippen LogP contribution < -0.4 is 14.4 Å². The standard InChI is InChI=1S/C21H21N3O4S/c1-23(12-19-22-14-6-4-5-7-18(14)29-19)16-11-20(25)24(21(16)26)15-9-8-13(27-2)10-17(15)28-3/h4-10,16H,11-12H2,1-3H3/t16-/m0/s1. The quantitative estimate of drug-likeness (QED) is 0.581. The van der Waals surface area contributed by atoms with E-state index in [0.29, 0.717) is 23.7 Å². The summed E-state index contributed by atoms with van der Waals surface area (Å²) in [5.41, 5.74) is 1.37. The average Bonchev–Trinajstić information content (AvgIpc) is 3.27. The van der Waals surface area contributed by atoms with Gasteiger partial charge in [0.05, 0.1) is 49.1 Å². The first kappa shape index (κ1) is 19.4. The van der Waals surface area contributed by atoms with E-state index < -0.39 is 6.04 Å². The van der Waals surface area contributed by atoms with Gasteiger partial charge >= 0.3 is 0 Å². The molecule has 1 aliphatic heterocycles. The Kier molecular flexibility index (Phi) is 5.21. The van der Waals surface area contributed by atoms with E-state index in [9.17, 15) is 9.59 Å². The summed E-state index contributed by atoms with van der Waals surface area (Å²) in [5, 5.41) is 0.912. The third kappa shape index (κ3) is 3.56. The maximum absolute atomic E-state index is 13.1. The molecule has 1 aliphatic rings. The van der Waals surface area contributed by atoms with Crippen molar-refractivity contribution in [1.82, 2.24) is 9.88 Å². The first-order chi connectivity index (χ1) is 14.0. The normalized spacial score (nSPS) is 16.8. The van der Waals surface area contributed by atoms with Crippen LogP contribution in [0.5, 0.6) is 11.5 Å². The number of carbonyl (C=O) groups excluding carboxylic acids is 2. The van der Waals surface area contributed by atoms with Gasteiger partial charge < -0.3 is 9.47 Å². The second-order valence-electron chi connectivity index (χ2n) is 6.82. The molecule has 2 aromatic carbocycles. The zero-order valence-electron chi connectivity index (χ0n) is 16.4. The molecule has 0 saturated carbocycles. The highest BCUT2D eigenvalue weighted by Gasteiger charge is 2.42. The minimum atomic E-state index is -0.540. The number of methoxy groups -OCH3 is 2. The number of amides is 2. The lowest BCUT2D eigenvalue weighted by molar-refractivity contribution is -0.122. The van der Waals surface area contributed by atoms with Crippen molar-refractivity contribution in [3.8, 4) is 11.5 Å². The molecule has 1 fully saturated rings. The Morgan fingerprint density at radius 3 is 2.69 bits per heavy atom. The van der Waals surface area contributed by atoms with E-state index in [4.69, 9.17) is 9.47 Å². The van der Waals surface area contributed by atoms with E-state index in [1.807, 2.05) is 36.2 Å². The summed E-state index contributed by atoms with van der Waals surface area (Å²) in [6, 6.07) is 12.4. The summed E-state index contributed by atoms with van der Waals surface area (Å²) in [6.45, 7) is 0.497. The monoisotopic (exact) mass is 411 g/mol. The number of carbonyl (C=O) groups is 2. The number of fused-ring (bicyclic) bond motifs is 1. The number of para-hydroxylation sites is 1. The summed E-state index contributed by atoms with van der Waals surface area (Å²) >= 11 is 1.60. The van der Waals surface area contributed by atoms with Crippen molar-refractivity contribution in [3.05, 3.63) is 47.5 Å². The van der Waals surface area contributed by atoms with Gasteiger partial charge in [0, 0.05) is 6.07 Å². The molecule has 8 heteroatoms. The molecule has 2 amide bonds. The Morgan fingerprint density at radius 2 is 1.97 bits per heavy atom. The van der Waals surface area contributed by atoms with Crippen molar-refractivity contribution < 1.29 is 19.1 Å². The molecule has 0 unspecified atom stereocenters. The summed E-state index contributed by atoms with van der Waals surface area (Å²) in [4.78, 5) is 33.5. The number of likely N-dealkylation sites (N-methyl/N-ethyl adjacent to an activating group) is 1. The fourth-order valence-electron chi connectivity index (χ4n) is 3.49. The van der Waals surface area contributed by atoms with Gasteiger partial charge in [-0.2, -0.15) is 0 Å². The molecular formula is C21H21N3O4S. The number of rotatable bonds is 6. The molecule has 0 spiro atoms. The van der Waals surface area contributed by atoms with Crippen molar-refractivity contribution in [3.63, 3.8) is 0 Å². The lowest BCUT2D eigenvalue weighted by Crippen LogP contribution is -2.39. The predicted octanol–water partition coefficient (Wildman–Crippen LogP) is 3.08. The Balaban J connectivity index is 1.56. The Bertz CT molecular complexity index is 1050. The van der Waals surface area contributed by atoms with Crippen LogP contribution in [-0.2, 0) is 16.1 Å². The number of ether oxygens (including phenoxy) is 2. The molecule has 2 heterocycles. The Hall–Kier alpha value is -2.97. The van der Waals surface area contributed by atoms with E-state index in [0.717, 1.165) is 15.2 Å². The van der Waals surface area contributed by atoms with E-state index in [1.165, 1.54) is 12.0 Å². The van der Waals surface area contributed by atoms with Gasteiger partial charge in [0.2, 0.25) is 5.91 Å². The van der Waals surface area contributed by atoms with Crippen LogP contribution in [0.3, 0.4) is 0 Å². The molecular weight excluding hydrogens is 390 g/mol. The second-order valence-corrected chi connectivity index (χ2v) is 7.93. The zero-order valence-corrected chi connectivity index (χ0v) is 17.2. The van der Waals surface area contributed by atoms with Gasteiger partial charge in [0.15, 0.2) is 0 Å². The van der Waals surface area contributed by atoms with E-state index in [1.54, 1.807) is 36.6 Å². The number of hydrogen-bond donors (Lipinski definition) is 0. The summed E-state index contributed by atoms with van der Waals surface area (Å²) in [7, 11) is 4.89. The van der Waals surface area contributed by atoms with Crippen molar-refractivity contribution in [1.29, 1.82) is 0 Å². The van der Waals surface area contributed by atoms with Gasteiger partial charge in [-0.15, -0.1) is 11.3 Å². The second kappa shape index (κ2) is 7.81. The molecule has 3 aromatic rings. The van der Waals surface area contributed by atoms with E-state index in [2.05, 4.69) is 4.98 Å². The summed E-state index contributed by atoms with van der Waals surface area (Å²) in [6.07, 6.45) is 0.120. The SMILES string of the molecule is COc1ccc(N2C(=O)C[C@H](N(C)Cc3nc4ccccc4s3)C2=O)c(OC)c1. The molecule has 1 aromatic heterocycles. The molecule has 0 bridgehead atoms. The largest absolute Gasteiger partial charge is 0.497 e. The lowest BCUT2D eigenvalue weighted by atomic mass is 10.2. The Labute approximate surface area is 172 Å². The number of hydrogen-bond acceptors (Lipinski definition) is 7. The maximum atomic E-state index is 13.1. The molecule has 0 aliphatic carbocycles. The van der Waals surface area contributed by atoms with Crippen LogP contribution in [0, 0.1) is 0 Å². The number of benzene rings is 2. The Morgan fingerprint density at radius 1 is 1.17 bits per heavy atom. The number of imide groups is 1. The lowest BCUT2D eigenvalue weighted by Gasteiger charge is -2.22. The van der Waals surface area contributed by atoms with Crippen LogP contribution in [0.15, 0.2) is 42.5 Å². The summed E-state index contributed by atoms with van der Waals surface area (Å²) in [5.74, 6) is 0.497. The maximum Gasteiger partial charge on any atom is 0.251 e. The first-order valence-electron chi connectivity index (χ1n) is 9.15. The topological polar surface area (TPSA) is 72.0 Å². The molecule has 7 nitrogen and oxygen atoms in total. The fourth-order valence-corrected chi connectivity index (χ4v) is 4.53. The molecule has 1 saturated heterocycles. The third-order valence-electron chi connectivity index (χ3n) is 5.01. The molecule has 0 radical (unpaired) electrons. The highest BCUT2D eigenvalue weighted by atomic mass is 32.1. The first-order valence-corrected chi connectivity index (χ1v) is 9.97. The number of anilines is 1. The van der Waals surface area contributed by atoms with E-state index >= 15 is 0 Å². The van der Waals surface area contributed by atoms with Crippen LogP contribution in [0.25, 0.3) is 10.2 Å². The average molecular weight is 411 g/mol. The minimum Gasteiger partial charge on any atom is -0.497 e. The van der Waals surface area contributed by atoms with Crippen LogP contribution in [0.1, 0.15) is 11.4 Å². The molecule has 0 N–H and O–H groups in total. The van der Waals surface area contributed by atoms with Gasteiger partial charge in [-0.25, -0.2) is 9.88 Å². The third-order valence-corrected chi connectivity index (χ3v) is 6.03.